The molecule has 1 N–H and O–H groups in total. The Morgan fingerprint density at radius 1 is 0.933 bits per heavy atom. The molecule has 0 bridgehead atoms. The second-order valence-corrected chi connectivity index (χ2v) is 7.73. The molecule has 2 heterocycles. The molecule has 1 aliphatic heterocycles. The number of hydrogen-bond donors (Lipinski definition) is 1. The number of H-pyrrole nitrogens is 1. The molecule has 3 aromatic carbocycles. The molecular weight excluding hydrogens is 370 g/mol. The molecule has 30 heavy (non-hydrogen) atoms. The number of amides is 1. The number of nitrogens with zero attached hydrogens (tertiary/aromatic N) is 2. The van der Waals surface area contributed by atoms with E-state index in [0.717, 1.165) is 27.6 Å². The highest BCUT2D eigenvalue weighted by Crippen LogP contribution is 2.35. The monoisotopic (exact) mass is 393 g/mol. The van der Waals surface area contributed by atoms with Gasteiger partial charge in [0.15, 0.2) is 0 Å². The average molecular weight is 393 g/mol. The van der Waals surface area contributed by atoms with Crippen LogP contribution in [-0.4, -0.2) is 34.6 Å². The van der Waals surface area contributed by atoms with Crippen molar-refractivity contribution < 1.29 is 4.79 Å². The summed E-state index contributed by atoms with van der Waals surface area (Å²) in [6.07, 6.45) is 3.87. The number of fused-ring (bicyclic) bond motifs is 1. The topological polar surface area (TPSA) is 48.5 Å². The molecule has 4 nitrogen and oxygen atoms in total. The van der Waals surface area contributed by atoms with Crippen LogP contribution in [0.4, 0.5) is 0 Å². The van der Waals surface area contributed by atoms with Gasteiger partial charge in [-0.15, -0.1) is 0 Å². The smallest absolute Gasteiger partial charge is 0.248 e. The molecule has 1 fully saturated rings. The lowest BCUT2D eigenvalue weighted by Gasteiger charge is -2.16. The van der Waals surface area contributed by atoms with Gasteiger partial charge in [0.05, 0.1) is 0 Å². The van der Waals surface area contributed by atoms with Crippen molar-refractivity contribution in [1.82, 2.24) is 9.88 Å². The summed E-state index contributed by atoms with van der Waals surface area (Å²) in [4.78, 5) is 23.5. The van der Waals surface area contributed by atoms with Gasteiger partial charge >= 0.3 is 0 Å². The van der Waals surface area contributed by atoms with Gasteiger partial charge in [-0.25, -0.2) is 0 Å². The van der Waals surface area contributed by atoms with Crippen molar-refractivity contribution in [3.05, 3.63) is 108 Å². The maximum absolute atomic E-state index is 13.4. The molecule has 1 amide bonds. The highest BCUT2D eigenvalue weighted by molar-refractivity contribution is 5.92. The van der Waals surface area contributed by atoms with E-state index < -0.39 is 6.04 Å². The van der Waals surface area contributed by atoms with Crippen LogP contribution in [-0.2, 0) is 11.3 Å². The highest BCUT2D eigenvalue weighted by Gasteiger charge is 2.41. The number of hydrogen-bond acceptors (Lipinski definition) is 2. The third kappa shape index (κ3) is 3.52. The SMILES string of the molecule is O=C1[C@H](N=Cc2ccccc2)[C@@H](c2c[nH]c3ccccc23)CN1Cc1ccccc1. The fraction of sp³-hybridized carbons (Fsp3) is 0.154. The quantitative estimate of drug-likeness (QED) is 0.487. The van der Waals surface area contributed by atoms with Crippen LogP contribution in [0.1, 0.15) is 22.6 Å². The maximum atomic E-state index is 13.4. The van der Waals surface area contributed by atoms with Crippen LogP contribution in [0.15, 0.2) is 96.1 Å². The first-order chi connectivity index (χ1) is 14.8. The van der Waals surface area contributed by atoms with E-state index in [1.54, 1.807) is 0 Å². The molecule has 148 valence electrons. The number of aromatic amines is 1. The molecule has 4 aromatic rings. The van der Waals surface area contributed by atoms with Gasteiger partial charge in [-0.1, -0.05) is 78.9 Å². The Hall–Kier alpha value is -3.66. The predicted molar refractivity (Wildman–Crippen MR) is 121 cm³/mol. The van der Waals surface area contributed by atoms with Crippen molar-refractivity contribution in [2.75, 3.05) is 6.54 Å². The molecule has 0 spiro atoms. The van der Waals surface area contributed by atoms with Crippen molar-refractivity contribution in [3.63, 3.8) is 0 Å². The number of carbonyl (C=O) groups is 1. The average Bonchev–Trinajstić information content (AvgIpc) is 3.35. The fourth-order valence-electron chi connectivity index (χ4n) is 4.27. The molecule has 1 saturated heterocycles. The number of carbonyl (C=O) groups excluding carboxylic acids is 1. The van der Waals surface area contributed by atoms with Crippen LogP contribution >= 0.6 is 0 Å². The zero-order chi connectivity index (χ0) is 20.3. The van der Waals surface area contributed by atoms with Crippen LogP contribution in [0.25, 0.3) is 10.9 Å². The number of likely N-dealkylation sites (tertiary alicyclic amines) is 1. The lowest BCUT2D eigenvalue weighted by Crippen LogP contribution is -2.28. The Bertz CT molecular complexity index is 1180. The normalized spacial score (nSPS) is 19.2. The lowest BCUT2D eigenvalue weighted by molar-refractivity contribution is -0.129. The van der Waals surface area contributed by atoms with Gasteiger partial charge in [0.25, 0.3) is 0 Å². The minimum Gasteiger partial charge on any atom is -0.361 e. The van der Waals surface area contributed by atoms with E-state index in [-0.39, 0.29) is 11.8 Å². The van der Waals surface area contributed by atoms with Gasteiger partial charge in [-0.2, -0.15) is 0 Å². The number of benzene rings is 3. The van der Waals surface area contributed by atoms with E-state index >= 15 is 0 Å². The first kappa shape index (κ1) is 18.4. The molecule has 0 saturated carbocycles. The zero-order valence-electron chi connectivity index (χ0n) is 16.6. The molecule has 4 heteroatoms. The summed E-state index contributed by atoms with van der Waals surface area (Å²) >= 11 is 0. The van der Waals surface area contributed by atoms with Gasteiger partial charge in [0.1, 0.15) is 6.04 Å². The van der Waals surface area contributed by atoms with E-state index in [1.807, 2.05) is 78.0 Å². The van der Waals surface area contributed by atoms with Gasteiger partial charge in [-0.3, -0.25) is 9.79 Å². The predicted octanol–water partition coefficient (Wildman–Crippen LogP) is 4.78. The Labute approximate surface area is 175 Å². The van der Waals surface area contributed by atoms with E-state index in [4.69, 9.17) is 4.99 Å². The van der Waals surface area contributed by atoms with Gasteiger partial charge in [-0.05, 0) is 22.8 Å². The second-order valence-electron chi connectivity index (χ2n) is 7.73. The Kier molecular flexibility index (Phi) is 4.89. The molecule has 1 aliphatic rings. The van der Waals surface area contributed by atoms with Crippen LogP contribution in [0.2, 0.25) is 0 Å². The third-order valence-corrected chi connectivity index (χ3v) is 5.78. The van der Waals surface area contributed by atoms with E-state index in [9.17, 15) is 4.79 Å². The van der Waals surface area contributed by atoms with Crippen molar-refractivity contribution in [2.24, 2.45) is 4.99 Å². The maximum Gasteiger partial charge on any atom is 0.248 e. The summed E-state index contributed by atoms with van der Waals surface area (Å²) in [7, 11) is 0. The van der Waals surface area contributed by atoms with Gasteiger partial charge in [0, 0.05) is 42.3 Å². The summed E-state index contributed by atoms with van der Waals surface area (Å²) in [6, 6.07) is 27.9. The number of aromatic nitrogens is 1. The van der Waals surface area contributed by atoms with Gasteiger partial charge in [0.2, 0.25) is 5.91 Å². The van der Waals surface area contributed by atoms with Crippen LogP contribution in [0.3, 0.4) is 0 Å². The number of aliphatic imine (C=N–C) groups is 1. The minimum atomic E-state index is -0.423. The second kappa shape index (κ2) is 7.99. The summed E-state index contributed by atoms with van der Waals surface area (Å²) in [5.41, 5.74) is 4.39. The minimum absolute atomic E-state index is 0.0114. The lowest BCUT2D eigenvalue weighted by atomic mass is 9.94. The van der Waals surface area contributed by atoms with E-state index in [0.29, 0.717) is 13.1 Å². The molecule has 1 aromatic heterocycles. The van der Waals surface area contributed by atoms with E-state index in [1.165, 1.54) is 0 Å². The summed E-state index contributed by atoms with van der Waals surface area (Å²) < 4.78 is 0. The van der Waals surface area contributed by atoms with Crippen molar-refractivity contribution in [3.8, 4) is 0 Å². The first-order valence-corrected chi connectivity index (χ1v) is 10.3. The summed E-state index contributed by atoms with van der Waals surface area (Å²) in [5, 5.41) is 1.16. The highest BCUT2D eigenvalue weighted by atomic mass is 16.2. The van der Waals surface area contributed by atoms with Gasteiger partial charge < -0.3 is 9.88 Å². The summed E-state index contributed by atoms with van der Waals surface area (Å²) in [5.74, 6) is 0.0960. The number of para-hydroxylation sites is 1. The number of nitrogens with one attached hydrogen (secondary N) is 1. The molecular formula is C26H23N3O. The molecule has 0 aliphatic carbocycles. The Balaban J connectivity index is 1.50. The third-order valence-electron chi connectivity index (χ3n) is 5.78. The first-order valence-electron chi connectivity index (χ1n) is 10.3. The standard InChI is InChI=1S/C26H23N3O/c30-26-25(28-15-19-9-3-1-4-10-19)23(18-29(26)17-20-11-5-2-6-12-20)22-16-27-24-14-8-7-13-21(22)24/h1-16,23,25,27H,17-18H2/t23-,25-/m1/s1. The molecule has 0 unspecified atom stereocenters. The molecule has 2 atom stereocenters. The summed E-state index contributed by atoms with van der Waals surface area (Å²) in [6.45, 7) is 1.27. The fourth-order valence-corrected chi connectivity index (χ4v) is 4.27. The van der Waals surface area contributed by atoms with E-state index in [2.05, 4.69) is 29.2 Å². The van der Waals surface area contributed by atoms with Crippen LogP contribution < -0.4 is 0 Å². The Morgan fingerprint density at radius 3 is 2.43 bits per heavy atom. The number of rotatable bonds is 5. The molecule has 0 radical (unpaired) electrons. The van der Waals surface area contributed by atoms with Crippen LogP contribution in [0, 0.1) is 0 Å². The molecule has 5 rings (SSSR count). The van der Waals surface area contributed by atoms with Crippen molar-refractivity contribution in [1.29, 1.82) is 0 Å². The van der Waals surface area contributed by atoms with Crippen molar-refractivity contribution in [2.45, 2.75) is 18.5 Å². The van der Waals surface area contributed by atoms with Crippen molar-refractivity contribution >= 4 is 23.0 Å². The van der Waals surface area contributed by atoms with Crippen LogP contribution in [0.5, 0.6) is 0 Å². The largest absolute Gasteiger partial charge is 0.361 e. The zero-order valence-corrected chi connectivity index (χ0v) is 16.6. The Morgan fingerprint density at radius 2 is 1.63 bits per heavy atom.